The lowest BCUT2D eigenvalue weighted by Crippen LogP contribution is -2.46. The molecule has 3 atom stereocenters. The SMILES string of the molecule is CN=C(NCCCOCC1CCOC1)NC1CC(C)CC(C)C1. The third-order valence-electron chi connectivity index (χ3n) is 4.88. The Morgan fingerprint density at radius 1 is 1.22 bits per heavy atom. The van der Waals surface area contributed by atoms with E-state index in [1.54, 1.807) is 0 Å². The average molecular weight is 325 g/mol. The first-order chi connectivity index (χ1) is 11.2. The van der Waals surface area contributed by atoms with E-state index >= 15 is 0 Å². The summed E-state index contributed by atoms with van der Waals surface area (Å²) in [6.45, 7) is 9.02. The molecule has 0 radical (unpaired) electrons. The van der Waals surface area contributed by atoms with Crippen molar-refractivity contribution in [1.29, 1.82) is 0 Å². The molecule has 1 saturated carbocycles. The second kappa shape index (κ2) is 10.1. The molecule has 2 rings (SSSR count). The molecule has 0 aromatic carbocycles. The molecule has 2 N–H and O–H groups in total. The zero-order valence-corrected chi connectivity index (χ0v) is 15.1. The van der Waals surface area contributed by atoms with Gasteiger partial charge in [-0.3, -0.25) is 4.99 Å². The summed E-state index contributed by atoms with van der Waals surface area (Å²) in [6.07, 6.45) is 6.00. The molecule has 0 bridgehead atoms. The third kappa shape index (κ3) is 7.08. The maximum absolute atomic E-state index is 5.73. The highest BCUT2D eigenvalue weighted by Crippen LogP contribution is 2.28. The van der Waals surface area contributed by atoms with E-state index in [4.69, 9.17) is 9.47 Å². The van der Waals surface area contributed by atoms with Crippen LogP contribution in [0.5, 0.6) is 0 Å². The van der Waals surface area contributed by atoms with E-state index in [-0.39, 0.29) is 0 Å². The lowest BCUT2D eigenvalue weighted by atomic mass is 9.80. The van der Waals surface area contributed by atoms with Gasteiger partial charge in [-0.2, -0.15) is 0 Å². The molecule has 2 fully saturated rings. The molecular formula is C18H35N3O2. The monoisotopic (exact) mass is 325 g/mol. The van der Waals surface area contributed by atoms with Gasteiger partial charge in [-0.15, -0.1) is 0 Å². The first kappa shape index (κ1) is 18.5. The lowest BCUT2D eigenvalue weighted by molar-refractivity contribution is 0.0888. The van der Waals surface area contributed by atoms with Crippen LogP contribution in [0.2, 0.25) is 0 Å². The maximum atomic E-state index is 5.73. The van der Waals surface area contributed by atoms with Crippen LogP contribution in [0.1, 0.15) is 46.0 Å². The topological polar surface area (TPSA) is 54.9 Å². The van der Waals surface area contributed by atoms with Crippen LogP contribution in [-0.2, 0) is 9.47 Å². The van der Waals surface area contributed by atoms with E-state index in [9.17, 15) is 0 Å². The van der Waals surface area contributed by atoms with Gasteiger partial charge in [0.05, 0.1) is 13.2 Å². The highest BCUT2D eigenvalue weighted by Gasteiger charge is 2.24. The molecule has 1 aliphatic carbocycles. The molecule has 2 aliphatic rings. The van der Waals surface area contributed by atoms with Crippen LogP contribution in [-0.4, -0.2) is 52.0 Å². The summed E-state index contributed by atoms with van der Waals surface area (Å²) >= 11 is 0. The molecule has 1 saturated heterocycles. The summed E-state index contributed by atoms with van der Waals surface area (Å²) in [5, 5.41) is 6.99. The Hall–Kier alpha value is -0.810. The van der Waals surface area contributed by atoms with E-state index in [0.29, 0.717) is 12.0 Å². The van der Waals surface area contributed by atoms with Crippen LogP contribution in [0.25, 0.3) is 0 Å². The van der Waals surface area contributed by atoms with E-state index < -0.39 is 0 Å². The molecule has 0 aromatic rings. The minimum atomic E-state index is 0.554. The van der Waals surface area contributed by atoms with Crippen LogP contribution < -0.4 is 10.6 Å². The van der Waals surface area contributed by atoms with Gasteiger partial charge in [0.1, 0.15) is 0 Å². The van der Waals surface area contributed by atoms with Gasteiger partial charge in [0, 0.05) is 38.8 Å². The highest BCUT2D eigenvalue weighted by atomic mass is 16.5. The largest absolute Gasteiger partial charge is 0.381 e. The zero-order chi connectivity index (χ0) is 16.5. The van der Waals surface area contributed by atoms with Crippen LogP contribution in [0.3, 0.4) is 0 Å². The van der Waals surface area contributed by atoms with E-state index in [2.05, 4.69) is 29.5 Å². The van der Waals surface area contributed by atoms with Crippen molar-refractivity contribution in [3.05, 3.63) is 0 Å². The molecule has 134 valence electrons. The number of ether oxygens (including phenoxy) is 2. The number of nitrogens with one attached hydrogen (secondary N) is 2. The zero-order valence-electron chi connectivity index (χ0n) is 15.1. The Kier molecular flexibility index (Phi) is 8.17. The Labute approximate surface area is 141 Å². The number of rotatable bonds is 7. The second-order valence-electron chi connectivity index (χ2n) is 7.42. The Balaban J connectivity index is 1.54. The van der Waals surface area contributed by atoms with Crippen molar-refractivity contribution in [2.45, 2.75) is 52.0 Å². The third-order valence-corrected chi connectivity index (χ3v) is 4.88. The fourth-order valence-corrected chi connectivity index (χ4v) is 3.80. The van der Waals surface area contributed by atoms with Crippen LogP contribution in [0.15, 0.2) is 4.99 Å². The Morgan fingerprint density at radius 2 is 2.00 bits per heavy atom. The van der Waals surface area contributed by atoms with Crippen molar-refractivity contribution in [3.63, 3.8) is 0 Å². The fourth-order valence-electron chi connectivity index (χ4n) is 3.80. The van der Waals surface area contributed by atoms with Crippen molar-refractivity contribution in [3.8, 4) is 0 Å². The smallest absolute Gasteiger partial charge is 0.191 e. The van der Waals surface area contributed by atoms with Crippen molar-refractivity contribution >= 4 is 5.96 Å². The van der Waals surface area contributed by atoms with Gasteiger partial charge in [0.2, 0.25) is 0 Å². The molecule has 0 spiro atoms. The molecule has 5 nitrogen and oxygen atoms in total. The fraction of sp³-hybridized carbons (Fsp3) is 0.944. The summed E-state index contributed by atoms with van der Waals surface area (Å²) < 4.78 is 11.1. The van der Waals surface area contributed by atoms with Gasteiger partial charge in [-0.05, 0) is 43.9 Å². The molecular weight excluding hydrogens is 290 g/mol. The van der Waals surface area contributed by atoms with Gasteiger partial charge in [0.25, 0.3) is 0 Å². The standard InChI is InChI=1S/C18H35N3O2/c1-14-9-15(2)11-17(10-14)21-18(19-3)20-6-4-7-22-12-16-5-8-23-13-16/h14-17H,4-13H2,1-3H3,(H2,19,20,21). The van der Waals surface area contributed by atoms with E-state index in [1.807, 2.05) is 7.05 Å². The van der Waals surface area contributed by atoms with Gasteiger partial charge in [-0.1, -0.05) is 13.8 Å². The van der Waals surface area contributed by atoms with Gasteiger partial charge in [0.15, 0.2) is 5.96 Å². The molecule has 3 unspecified atom stereocenters. The predicted molar refractivity (Wildman–Crippen MR) is 94.8 cm³/mol. The van der Waals surface area contributed by atoms with Crippen molar-refractivity contribution in [2.75, 3.05) is 40.0 Å². The summed E-state index contributed by atoms with van der Waals surface area (Å²) in [6, 6.07) is 0.554. The highest BCUT2D eigenvalue weighted by molar-refractivity contribution is 5.79. The first-order valence-corrected chi connectivity index (χ1v) is 9.30. The van der Waals surface area contributed by atoms with Gasteiger partial charge < -0.3 is 20.1 Å². The van der Waals surface area contributed by atoms with Crippen molar-refractivity contribution in [1.82, 2.24) is 10.6 Å². The van der Waals surface area contributed by atoms with Gasteiger partial charge in [-0.25, -0.2) is 0 Å². The van der Waals surface area contributed by atoms with Crippen LogP contribution in [0, 0.1) is 17.8 Å². The molecule has 0 aromatic heterocycles. The number of aliphatic imine (C=N–C) groups is 1. The normalized spacial score (nSPS) is 32.0. The summed E-state index contributed by atoms with van der Waals surface area (Å²) in [7, 11) is 1.85. The molecule has 5 heteroatoms. The molecule has 1 aliphatic heterocycles. The van der Waals surface area contributed by atoms with Crippen molar-refractivity contribution < 1.29 is 9.47 Å². The molecule has 1 heterocycles. The summed E-state index contributed by atoms with van der Waals surface area (Å²) in [4.78, 5) is 4.35. The van der Waals surface area contributed by atoms with Crippen molar-refractivity contribution in [2.24, 2.45) is 22.7 Å². The number of guanidine groups is 1. The minimum absolute atomic E-state index is 0.554. The second-order valence-corrected chi connectivity index (χ2v) is 7.42. The summed E-state index contributed by atoms with van der Waals surface area (Å²) in [5.41, 5.74) is 0. The predicted octanol–water partition coefficient (Wildman–Crippen LogP) is 2.42. The Morgan fingerprint density at radius 3 is 2.65 bits per heavy atom. The quantitative estimate of drug-likeness (QED) is 0.429. The van der Waals surface area contributed by atoms with Gasteiger partial charge >= 0.3 is 0 Å². The van der Waals surface area contributed by atoms with E-state index in [0.717, 1.165) is 63.6 Å². The maximum Gasteiger partial charge on any atom is 0.191 e. The van der Waals surface area contributed by atoms with E-state index in [1.165, 1.54) is 19.3 Å². The first-order valence-electron chi connectivity index (χ1n) is 9.30. The molecule has 23 heavy (non-hydrogen) atoms. The average Bonchev–Trinajstić information content (AvgIpc) is 3.01. The lowest BCUT2D eigenvalue weighted by Gasteiger charge is -2.32. The van der Waals surface area contributed by atoms with Crippen LogP contribution in [0.4, 0.5) is 0 Å². The number of nitrogens with zero attached hydrogens (tertiary/aromatic N) is 1. The minimum Gasteiger partial charge on any atom is -0.381 e. The Bertz CT molecular complexity index is 346. The number of hydrogen-bond donors (Lipinski definition) is 2. The molecule has 0 amide bonds. The number of hydrogen-bond acceptors (Lipinski definition) is 3. The summed E-state index contributed by atoms with van der Waals surface area (Å²) in [5.74, 6) is 3.15. The van der Waals surface area contributed by atoms with Crippen LogP contribution >= 0.6 is 0 Å².